The second-order valence-electron chi connectivity index (χ2n) is 4.00. The van der Waals surface area contributed by atoms with E-state index >= 15 is 0 Å². The van der Waals surface area contributed by atoms with Crippen LogP contribution in [0.3, 0.4) is 0 Å². The molecule has 1 saturated carbocycles. The molecule has 1 heterocycles. The minimum atomic E-state index is -1.08. The molecule has 2 N–H and O–H groups in total. The number of aromatic nitrogens is 2. The van der Waals surface area contributed by atoms with Gasteiger partial charge in [0.25, 0.3) is 0 Å². The molecule has 0 unspecified atom stereocenters. The first kappa shape index (κ1) is 12.0. The maximum absolute atomic E-state index is 11.4. The van der Waals surface area contributed by atoms with Crippen LogP contribution < -0.4 is 16.6 Å². The van der Waals surface area contributed by atoms with Crippen molar-refractivity contribution in [2.24, 2.45) is 0 Å². The summed E-state index contributed by atoms with van der Waals surface area (Å²) in [6.45, 7) is -0.354. The van der Waals surface area contributed by atoms with E-state index in [9.17, 15) is 24.5 Å². The normalized spacial score (nSPS) is 14.2. The molecule has 96 valence electrons. The van der Waals surface area contributed by atoms with Crippen molar-refractivity contribution in [2.45, 2.75) is 25.4 Å². The molecule has 9 heteroatoms. The lowest BCUT2D eigenvalue weighted by Gasteiger charge is -2.05. The Morgan fingerprint density at radius 1 is 1.56 bits per heavy atom. The molecule has 2 rings (SSSR count). The third kappa shape index (κ3) is 2.62. The van der Waals surface area contributed by atoms with Gasteiger partial charge in [0.1, 0.15) is 6.54 Å². The van der Waals surface area contributed by atoms with Crippen molar-refractivity contribution in [3.8, 4) is 0 Å². The van der Waals surface area contributed by atoms with Crippen LogP contribution in [0.4, 0.5) is 5.69 Å². The van der Waals surface area contributed by atoms with Gasteiger partial charge in [0.15, 0.2) is 0 Å². The molecule has 1 aliphatic rings. The lowest BCUT2D eigenvalue weighted by molar-refractivity contribution is -0.386. The Labute approximate surface area is 99.6 Å². The van der Waals surface area contributed by atoms with Crippen LogP contribution in [0.25, 0.3) is 0 Å². The van der Waals surface area contributed by atoms with Gasteiger partial charge in [-0.2, -0.15) is 0 Å². The summed E-state index contributed by atoms with van der Waals surface area (Å²) in [4.78, 5) is 45.3. The maximum atomic E-state index is 11.4. The lowest BCUT2D eigenvalue weighted by Crippen LogP contribution is -2.37. The summed E-state index contributed by atoms with van der Waals surface area (Å²) in [6.07, 6.45) is 2.56. The highest BCUT2D eigenvalue weighted by molar-refractivity contribution is 5.76. The molecule has 0 spiro atoms. The Morgan fingerprint density at radius 3 is 2.78 bits per heavy atom. The highest BCUT2D eigenvalue weighted by Crippen LogP contribution is 2.18. The smallest absolute Gasteiger partial charge is 0.350 e. The van der Waals surface area contributed by atoms with Crippen LogP contribution in [0, 0.1) is 10.1 Å². The van der Waals surface area contributed by atoms with Gasteiger partial charge in [0.2, 0.25) is 5.91 Å². The fraction of sp³-hybridized carbons (Fsp3) is 0.444. The lowest BCUT2D eigenvalue weighted by atomic mass is 10.5. The molecular weight excluding hydrogens is 244 g/mol. The number of carbonyl (C=O) groups is 1. The van der Waals surface area contributed by atoms with Gasteiger partial charge >= 0.3 is 16.9 Å². The number of aromatic amines is 1. The zero-order valence-electron chi connectivity index (χ0n) is 9.21. The van der Waals surface area contributed by atoms with Crippen molar-refractivity contribution in [1.29, 1.82) is 0 Å². The predicted molar refractivity (Wildman–Crippen MR) is 59.1 cm³/mol. The number of hydrogen-bond acceptors (Lipinski definition) is 5. The number of rotatable bonds is 4. The summed E-state index contributed by atoms with van der Waals surface area (Å²) < 4.78 is 0.803. The van der Waals surface area contributed by atoms with Gasteiger partial charge < -0.3 is 5.32 Å². The zero-order valence-corrected chi connectivity index (χ0v) is 9.21. The highest BCUT2D eigenvalue weighted by Gasteiger charge is 2.24. The number of nitrogens with one attached hydrogen (secondary N) is 2. The van der Waals surface area contributed by atoms with Crippen molar-refractivity contribution < 1.29 is 9.72 Å². The highest BCUT2D eigenvalue weighted by atomic mass is 16.6. The fourth-order valence-corrected chi connectivity index (χ4v) is 1.40. The van der Waals surface area contributed by atoms with Crippen molar-refractivity contribution in [3.63, 3.8) is 0 Å². The van der Waals surface area contributed by atoms with Crippen LogP contribution in [0.2, 0.25) is 0 Å². The van der Waals surface area contributed by atoms with Crippen molar-refractivity contribution in [3.05, 3.63) is 37.1 Å². The Kier molecular flexibility index (Phi) is 2.96. The summed E-state index contributed by atoms with van der Waals surface area (Å²) in [5.41, 5.74) is -2.70. The molecule has 0 aliphatic heterocycles. The second kappa shape index (κ2) is 4.43. The van der Waals surface area contributed by atoms with Crippen LogP contribution in [0.15, 0.2) is 15.8 Å². The Morgan fingerprint density at radius 2 is 2.22 bits per heavy atom. The number of H-pyrrole nitrogens is 1. The van der Waals surface area contributed by atoms with Crippen LogP contribution in [0.5, 0.6) is 0 Å². The Bertz CT molecular complexity index is 612. The average molecular weight is 254 g/mol. The molecule has 1 aromatic rings. The fourth-order valence-electron chi connectivity index (χ4n) is 1.40. The minimum Gasteiger partial charge on any atom is -0.352 e. The SMILES string of the molecule is O=C(Cn1cc([N+](=O)[O-])c(=O)[nH]c1=O)NC1CC1. The van der Waals surface area contributed by atoms with E-state index in [1.54, 1.807) is 4.98 Å². The van der Waals surface area contributed by atoms with Crippen molar-refractivity contribution in [2.75, 3.05) is 0 Å². The predicted octanol–water partition coefficient (Wildman–Crippen LogP) is -1.28. The summed E-state index contributed by atoms with van der Waals surface area (Å²) in [7, 11) is 0. The number of carbonyl (C=O) groups excluding carboxylic acids is 1. The Hall–Kier alpha value is -2.45. The molecule has 1 aromatic heterocycles. The first-order valence-electron chi connectivity index (χ1n) is 5.25. The third-order valence-electron chi connectivity index (χ3n) is 2.45. The molecule has 18 heavy (non-hydrogen) atoms. The summed E-state index contributed by atoms with van der Waals surface area (Å²) in [5.74, 6) is -0.416. The molecule has 1 amide bonds. The summed E-state index contributed by atoms with van der Waals surface area (Å²) in [6, 6.07) is 0.131. The van der Waals surface area contributed by atoms with E-state index in [4.69, 9.17) is 0 Å². The number of nitrogens with zero attached hydrogens (tertiary/aromatic N) is 2. The molecule has 0 atom stereocenters. The largest absolute Gasteiger partial charge is 0.352 e. The monoisotopic (exact) mass is 254 g/mol. The van der Waals surface area contributed by atoms with Gasteiger partial charge in [0.05, 0.1) is 11.1 Å². The number of hydrogen-bond donors (Lipinski definition) is 2. The molecule has 0 bridgehead atoms. The summed E-state index contributed by atoms with van der Waals surface area (Å²) >= 11 is 0. The second-order valence-corrected chi connectivity index (χ2v) is 4.00. The van der Waals surface area contributed by atoms with Gasteiger partial charge in [-0.05, 0) is 12.8 Å². The van der Waals surface area contributed by atoms with E-state index in [-0.39, 0.29) is 12.6 Å². The topological polar surface area (TPSA) is 127 Å². The Balaban J connectivity index is 2.23. The summed E-state index contributed by atoms with van der Waals surface area (Å²) in [5, 5.41) is 13.2. The van der Waals surface area contributed by atoms with E-state index in [0.717, 1.165) is 23.6 Å². The number of amides is 1. The quantitative estimate of drug-likeness (QED) is 0.511. The van der Waals surface area contributed by atoms with Gasteiger partial charge in [-0.15, -0.1) is 0 Å². The van der Waals surface area contributed by atoms with Crippen LogP contribution in [-0.4, -0.2) is 26.4 Å². The molecular formula is C9H10N4O5. The zero-order chi connectivity index (χ0) is 13.3. The molecule has 1 aliphatic carbocycles. The first-order chi connectivity index (χ1) is 8.47. The van der Waals surface area contributed by atoms with E-state index in [0.29, 0.717) is 0 Å². The standard InChI is InChI=1S/C9H10N4O5/c14-7(10-5-1-2-5)4-12-3-6(13(17)18)8(15)11-9(12)16/h3,5H,1-2,4H2,(H,10,14)(H,11,15,16). The molecule has 0 radical (unpaired) electrons. The van der Waals surface area contributed by atoms with Crippen LogP contribution in [0.1, 0.15) is 12.8 Å². The van der Waals surface area contributed by atoms with E-state index < -0.39 is 27.8 Å². The number of nitro groups is 1. The molecule has 1 fully saturated rings. The molecule has 0 saturated heterocycles. The van der Waals surface area contributed by atoms with Gasteiger partial charge in [-0.25, -0.2) is 4.79 Å². The van der Waals surface area contributed by atoms with E-state index in [2.05, 4.69) is 5.32 Å². The minimum absolute atomic E-state index is 0.131. The van der Waals surface area contributed by atoms with Gasteiger partial charge in [-0.3, -0.25) is 29.3 Å². The molecule has 0 aromatic carbocycles. The van der Waals surface area contributed by atoms with E-state index in [1.165, 1.54) is 0 Å². The van der Waals surface area contributed by atoms with Gasteiger partial charge in [0, 0.05) is 6.04 Å². The average Bonchev–Trinajstić information content (AvgIpc) is 3.05. The molecule has 9 nitrogen and oxygen atoms in total. The maximum Gasteiger partial charge on any atom is 0.350 e. The van der Waals surface area contributed by atoms with Gasteiger partial charge in [-0.1, -0.05) is 0 Å². The van der Waals surface area contributed by atoms with Crippen molar-refractivity contribution >= 4 is 11.6 Å². The third-order valence-corrected chi connectivity index (χ3v) is 2.45. The van der Waals surface area contributed by atoms with Crippen LogP contribution >= 0.6 is 0 Å². The van der Waals surface area contributed by atoms with E-state index in [1.807, 2.05) is 0 Å². The first-order valence-corrected chi connectivity index (χ1v) is 5.25. The van der Waals surface area contributed by atoms with Crippen LogP contribution in [-0.2, 0) is 11.3 Å². The van der Waals surface area contributed by atoms with Crippen molar-refractivity contribution in [1.82, 2.24) is 14.9 Å².